The summed E-state index contributed by atoms with van der Waals surface area (Å²) < 4.78 is 52.1. The first-order valence-electron chi connectivity index (χ1n) is 7.05. The third-order valence-corrected chi connectivity index (χ3v) is 3.59. The highest BCUT2D eigenvalue weighted by Gasteiger charge is 2.34. The van der Waals surface area contributed by atoms with Crippen molar-refractivity contribution >= 4 is 17.6 Å². The van der Waals surface area contributed by atoms with E-state index in [2.05, 4.69) is 0 Å². The van der Waals surface area contributed by atoms with Gasteiger partial charge in [-0.1, -0.05) is 18.2 Å². The minimum Gasteiger partial charge on any atom is -0.478 e. The van der Waals surface area contributed by atoms with Gasteiger partial charge in [0.25, 0.3) is 0 Å². The number of amides is 1. The summed E-state index contributed by atoms with van der Waals surface area (Å²) in [5.74, 6) is -3.09. The minimum absolute atomic E-state index is 0.0515. The van der Waals surface area contributed by atoms with Gasteiger partial charge >= 0.3 is 12.1 Å². The molecule has 0 saturated heterocycles. The molecule has 8 heteroatoms. The quantitative estimate of drug-likeness (QED) is 0.850. The van der Waals surface area contributed by atoms with Gasteiger partial charge in [-0.3, -0.25) is 4.79 Å². The van der Waals surface area contributed by atoms with E-state index in [4.69, 9.17) is 5.11 Å². The molecule has 0 saturated carbocycles. The molecule has 0 spiro atoms. The van der Waals surface area contributed by atoms with E-state index in [9.17, 15) is 27.2 Å². The van der Waals surface area contributed by atoms with Crippen LogP contribution >= 0.6 is 0 Å². The van der Waals surface area contributed by atoms with Gasteiger partial charge in [-0.05, 0) is 29.8 Å². The van der Waals surface area contributed by atoms with E-state index in [-0.39, 0.29) is 11.3 Å². The Balaban J connectivity index is 2.34. The Morgan fingerprint density at radius 2 is 1.76 bits per heavy atom. The zero-order chi connectivity index (χ0) is 18.8. The Morgan fingerprint density at radius 1 is 1.12 bits per heavy atom. The second-order valence-corrected chi connectivity index (χ2v) is 5.25. The number of para-hydroxylation sites is 1. The topological polar surface area (TPSA) is 57.6 Å². The van der Waals surface area contributed by atoms with Crippen LogP contribution in [0, 0.1) is 5.82 Å². The largest absolute Gasteiger partial charge is 0.478 e. The van der Waals surface area contributed by atoms with E-state index >= 15 is 0 Å². The maximum atomic E-state index is 13.1. The lowest BCUT2D eigenvalue weighted by Gasteiger charge is -2.20. The van der Waals surface area contributed by atoms with Crippen molar-refractivity contribution in [1.82, 2.24) is 0 Å². The van der Waals surface area contributed by atoms with Gasteiger partial charge in [0.15, 0.2) is 0 Å². The minimum atomic E-state index is -4.81. The Hall–Kier alpha value is -2.90. The van der Waals surface area contributed by atoms with Crippen molar-refractivity contribution in [2.45, 2.75) is 12.6 Å². The number of nitrogens with zero attached hydrogens (tertiary/aromatic N) is 1. The molecule has 2 rings (SSSR count). The highest BCUT2D eigenvalue weighted by atomic mass is 19.4. The number of carbonyl (C=O) groups excluding carboxylic acids is 1. The number of carboxylic acid groups (broad SMARTS) is 1. The first-order valence-corrected chi connectivity index (χ1v) is 7.05. The van der Waals surface area contributed by atoms with Gasteiger partial charge in [-0.2, -0.15) is 13.2 Å². The predicted molar refractivity (Wildman–Crippen MR) is 81.9 cm³/mol. The summed E-state index contributed by atoms with van der Waals surface area (Å²) in [6.07, 6.45) is -5.46. The van der Waals surface area contributed by atoms with Crippen molar-refractivity contribution in [3.63, 3.8) is 0 Å². The molecular formula is C17H13F4NO3. The third-order valence-electron chi connectivity index (χ3n) is 3.59. The van der Waals surface area contributed by atoms with Gasteiger partial charge in [0.2, 0.25) is 5.91 Å². The lowest BCUT2D eigenvalue weighted by atomic mass is 10.0. The molecule has 2 aromatic carbocycles. The number of carbonyl (C=O) groups is 2. The second-order valence-electron chi connectivity index (χ2n) is 5.25. The van der Waals surface area contributed by atoms with Crippen molar-refractivity contribution in [1.29, 1.82) is 0 Å². The van der Waals surface area contributed by atoms with Crippen LogP contribution in [0.3, 0.4) is 0 Å². The molecule has 0 heterocycles. The SMILES string of the molecule is CN(C(=O)Cc1ccc(F)cc1C(F)(F)F)c1ccccc1C(=O)O. The van der Waals surface area contributed by atoms with Crippen LogP contribution in [-0.2, 0) is 17.4 Å². The number of carboxylic acids is 1. The van der Waals surface area contributed by atoms with E-state index in [0.717, 1.165) is 17.0 Å². The fourth-order valence-electron chi connectivity index (χ4n) is 2.33. The smallest absolute Gasteiger partial charge is 0.416 e. The van der Waals surface area contributed by atoms with E-state index in [1.165, 1.54) is 31.3 Å². The standard InChI is InChI=1S/C17H13F4NO3/c1-22(14-5-3-2-4-12(14)16(24)25)15(23)8-10-6-7-11(18)9-13(10)17(19,20)21/h2-7,9H,8H2,1H3,(H,24,25). The zero-order valence-corrected chi connectivity index (χ0v) is 13.0. The van der Waals surface area contributed by atoms with E-state index in [1.54, 1.807) is 0 Å². The molecule has 0 aliphatic carbocycles. The van der Waals surface area contributed by atoms with Gasteiger partial charge < -0.3 is 10.0 Å². The number of benzene rings is 2. The molecule has 0 unspecified atom stereocenters. The lowest BCUT2D eigenvalue weighted by Crippen LogP contribution is -2.30. The Bertz CT molecular complexity index is 818. The first kappa shape index (κ1) is 18.4. The van der Waals surface area contributed by atoms with Gasteiger partial charge in [-0.25, -0.2) is 9.18 Å². The highest BCUT2D eigenvalue weighted by Crippen LogP contribution is 2.33. The van der Waals surface area contributed by atoms with Crippen LogP contribution < -0.4 is 4.90 Å². The molecule has 132 valence electrons. The van der Waals surface area contributed by atoms with Gasteiger partial charge in [-0.15, -0.1) is 0 Å². The monoisotopic (exact) mass is 355 g/mol. The van der Waals surface area contributed by atoms with Crippen LogP contribution in [0.5, 0.6) is 0 Å². The molecule has 0 aliphatic heterocycles. The fourth-order valence-corrected chi connectivity index (χ4v) is 2.33. The van der Waals surface area contributed by atoms with Crippen molar-refractivity contribution in [3.05, 3.63) is 65.0 Å². The molecule has 0 bridgehead atoms. The number of likely N-dealkylation sites (N-methyl/N-ethyl adjacent to an activating group) is 1. The molecule has 1 amide bonds. The van der Waals surface area contributed by atoms with Crippen LogP contribution in [0.15, 0.2) is 42.5 Å². The highest BCUT2D eigenvalue weighted by molar-refractivity contribution is 6.02. The van der Waals surface area contributed by atoms with E-state index in [1.807, 2.05) is 0 Å². The number of halogens is 4. The van der Waals surface area contributed by atoms with Crippen molar-refractivity contribution in [3.8, 4) is 0 Å². The normalized spacial score (nSPS) is 11.2. The van der Waals surface area contributed by atoms with E-state index < -0.39 is 41.4 Å². The number of hydrogen-bond acceptors (Lipinski definition) is 2. The van der Waals surface area contributed by atoms with Crippen molar-refractivity contribution < 1.29 is 32.3 Å². The molecule has 0 atom stereocenters. The molecular weight excluding hydrogens is 342 g/mol. The van der Waals surface area contributed by atoms with Crippen LogP contribution in [0.25, 0.3) is 0 Å². The number of anilines is 1. The first-order chi connectivity index (χ1) is 11.6. The fraction of sp³-hybridized carbons (Fsp3) is 0.176. The van der Waals surface area contributed by atoms with Gasteiger partial charge in [0.05, 0.1) is 23.2 Å². The summed E-state index contributed by atoms with van der Waals surface area (Å²) in [6.45, 7) is 0. The predicted octanol–water partition coefficient (Wildman–Crippen LogP) is 3.75. The zero-order valence-electron chi connectivity index (χ0n) is 13.0. The maximum absolute atomic E-state index is 13.1. The molecule has 0 fully saturated rings. The second kappa shape index (κ2) is 6.92. The van der Waals surface area contributed by atoms with E-state index in [0.29, 0.717) is 6.07 Å². The molecule has 25 heavy (non-hydrogen) atoms. The summed E-state index contributed by atoms with van der Waals surface area (Å²) in [5.41, 5.74) is -1.73. The average molecular weight is 355 g/mol. The maximum Gasteiger partial charge on any atom is 0.416 e. The number of alkyl halides is 3. The van der Waals surface area contributed by atoms with Crippen LogP contribution in [-0.4, -0.2) is 24.0 Å². The number of hydrogen-bond donors (Lipinski definition) is 1. The molecule has 0 aromatic heterocycles. The van der Waals surface area contributed by atoms with Crippen molar-refractivity contribution in [2.24, 2.45) is 0 Å². The Labute approximate surface area is 140 Å². The van der Waals surface area contributed by atoms with Crippen LogP contribution in [0.1, 0.15) is 21.5 Å². The average Bonchev–Trinajstić information content (AvgIpc) is 2.54. The lowest BCUT2D eigenvalue weighted by molar-refractivity contribution is -0.138. The Morgan fingerprint density at radius 3 is 2.36 bits per heavy atom. The number of rotatable bonds is 4. The van der Waals surface area contributed by atoms with Gasteiger partial charge in [0, 0.05) is 7.05 Å². The van der Waals surface area contributed by atoms with Crippen LogP contribution in [0.2, 0.25) is 0 Å². The summed E-state index contributed by atoms with van der Waals surface area (Å²) >= 11 is 0. The Kier molecular flexibility index (Phi) is 5.10. The molecule has 2 aromatic rings. The summed E-state index contributed by atoms with van der Waals surface area (Å²) in [4.78, 5) is 24.5. The summed E-state index contributed by atoms with van der Waals surface area (Å²) in [6, 6.07) is 7.68. The van der Waals surface area contributed by atoms with Crippen molar-refractivity contribution in [2.75, 3.05) is 11.9 Å². The third kappa shape index (κ3) is 4.14. The number of aromatic carboxylic acids is 1. The van der Waals surface area contributed by atoms with Crippen LogP contribution in [0.4, 0.5) is 23.2 Å². The molecule has 0 radical (unpaired) electrons. The summed E-state index contributed by atoms with van der Waals surface area (Å²) in [5, 5.41) is 9.14. The molecule has 0 aliphatic rings. The molecule has 4 nitrogen and oxygen atoms in total. The molecule has 1 N–H and O–H groups in total. The summed E-state index contributed by atoms with van der Waals surface area (Å²) in [7, 11) is 1.26. The van der Waals surface area contributed by atoms with Gasteiger partial charge in [0.1, 0.15) is 5.82 Å².